The normalized spacial score (nSPS) is 10.9. The fraction of sp³-hybridized carbons (Fsp3) is 0.125. The molecular weight excluding hydrogens is 254 g/mol. The number of nitro groups is 1. The van der Waals surface area contributed by atoms with E-state index in [-0.39, 0.29) is 0 Å². The van der Waals surface area contributed by atoms with E-state index < -0.39 is 37.2 Å². The van der Waals surface area contributed by atoms with Crippen LogP contribution in [0.15, 0.2) is 23.1 Å². The average Bonchev–Trinajstić information content (AvgIpc) is 2.25. The Kier molecular flexibility index (Phi) is 3.44. The topological polar surface area (TPSA) is 124 Å². The summed E-state index contributed by atoms with van der Waals surface area (Å²) >= 11 is 0. The number of benzene rings is 1. The molecule has 0 atom stereocenters. The molecule has 8 nitrogen and oxygen atoms in total. The van der Waals surface area contributed by atoms with Crippen molar-refractivity contribution in [3.63, 3.8) is 0 Å². The van der Waals surface area contributed by atoms with Crippen molar-refractivity contribution < 1.29 is 27.4 Å². The first-order chi connectivity index (χ1) is 7.77. The van der Waals surface area contributed by atoms with Gasteiger partial charge in [0.25, 0.3) is 15.8 Å². The highest BCUT2D eigenvalue weighted by Gasteiger charge is 2.24. The summed E-state index contributed by atoms with van der Waals surface area (Å²) in [6.45, 7) is 0. The number of carbonyl (C=O) groups is 1. The van der Waals surface area contributed by atoms with Crippen LogP contribution in [0.3, 0.4) is 0 Å². The monoisotopic (exact) mass is 261 g/mol. The number of carbonyl (C=O) groups excluding carboxylic acids is 1. The van der Waals surface area contributed by atoms with Gasteiger partial charge in [-0.2, -0.15) is 8.42 Å². The van der Waals surface area contributed by atoms with E-state index in [0.717, 1.165) is 25.3 Å². The van der Waals surface area contributed by atoms with Crippen molar-refractivity contribution in [1.29, 1.82) is 0 Å². The van der Waals surface area contributed by atoms with Crippen molar-refractivity contribution >= 4 is 21.8 Å². The maximum absolute atomic E-state index is 11.2. The second-order valence-electron chi connectivity index (χ2n) is 2.90. The third kappa shape index (κ3) is 2.77. The molecule has 0 heterocycles. The zero-order chi connectivity index (χ0) is 13.2. The quantitative estimate of drug-likeness (QED) is 0.366. The molecule has 1 rings (SSSR count). The molecule has 1 N–H and O–H groups in total. The average molecular weight is 261 g/mol. The summed E-state index contributed by atoms with van der Waals surface area (Å²) in [4.78, 5) is 20.2. The van der Waals surface area contributed by atoms with E-state index in [1.807, 2.05) is 0 Å². The Morgan fingerprint density at radius 2 is 2.06 bits per heavy atom. The fourth-order valence-corrected chi connectivity index (χ4v) is 1.79. The molecule has 0 bridgehead atoms. The number of hydrogen-bond donors (Lipinski definition) is 1. The summed E-state index contributed by atoms with van der Waals surface area (Å²) in [5, 5.41) is 10.5. The van der Waals surface area contributed by atoms with Crippen LogP contribution in [0.1, 0.15) is 10.4 Å². The Morgan fingerprint density at radius 1 is 1.47 bits per heavy atom. The first-order valence-corrected chi connectivity index (χ1v) is 5.55. The summed E-state index contributed by atoms with van der Waals surface area (Å²) < 4.78 is 35.0. The Hall–Kier alpha value is -2.00. The van der Waals surface area contributed by atoms with Gasteiger partial charge < -0.3 is 4.74 Å². The molecule has 0 aromatic heterocycles. The molecular formula is C8H7NO7S. The largest absolute Gasteiger partial charge is 0.465 e. The van der Waals surface area contributed by atoms with E-state index in [1.54, 1.807) is 0 Å². The van der Waals surface area contributed by atoms with Crippen LogP contribution in [0.5, 0.6) is 0 Å². The van der Waals surface area contributed by atoms with E-state index in [0.29, 0.717) is 0 Å². The molecule has 1 aromatic carbocycles. The molecule has 0 fully saturated rings. The number of esters is 1. The van der Waals surface area contributed by atoms with E-state index in [2.05, 4.69) is 4.74 Å². The number of nitrogens with zero attached hydrogens (tertiary/aromatic N) is 1. The first kappa shape index (κ1) is 13.1. The lowest BCUT2D eigenvalue weighted by molar-refractivity contribution is -0.384. The van der Waals surface area contributed by atoms with Crippen molar-refractivity contribution in [2.75, 3.05) is 7.11 Å². The second-order valence-corrected chi connectivity index (χ2v) is 4.29. The number of hydrogen-bond acceptors (Lipinski definition) is 6. The smallest absolute Gasteiger partial charge is 0.339 e. The molecule has 0 aliphatic rings. The predicted octanol–water partition coefficient (Wildman–Crippen LogP) is 0.628. The summed E-state index contributed by atoms with van der Waals surface area (Å²) in [6, 6.07) is 2.34. The van der Waals surface area contributed by atoms with Crippen LogP contribution in [0.2, 0.25) is 0 Å². The van der Waals surface area contributed by atoms with Crippen LogP contribution in [0, 0.1) is 10.1 Å². The number of methoxy groups -OCH3 is 1. The van der Waals surface area contributed by atoms with Crippen molar-refractivity contribution in [1.82, 2.24) is 0 Å². The molecule has 0 aliphatic heterocycles. The first-order valence-electron chi connectivity index (χ1n) is 4.11. The van der Waals surface area contributed by atoms with Crippen LogP contribution < -0.4 is 0 Å². The highest BCUT2D eigenvalue weighted by atomic mass is 32.2. The highest BCUT2D eigenvalue weighted by molar-refractivity contribution is 7.86. The lowest BCUT2D eigenvalue weighted by Crippen LogP contribution is -2.10. The van der Waals surface area contributed by atoms with Crippen LogP contribution >= 0.6 is 0 Å². The van der Waals surface area contributed by atoms with Gasteiger partial charge in [0.05, 0.1) is 17.6 Å². The zero-order valence-electron chi connectivity index (χ0n) is 8.48. The lowest BCUT2D eigenvalue weighted by Gasteiger charge is -2.04. The van der Waals surface area contributed by atoms with Crippen molar-refractivity contribution in [2.45, 2.75) is 4.90 Å². The minimum absolute atomic E-state index is 0.488. The van der Waals surface area contributed by atoms with Gasteiger partial charge in [-0.3, -0.25) is 14.7 Å². The minimum atomic E-state index is -4.65. The third-order valence-electron chi connectivity index (χ3n) is 1.86. The van der Waals surface area contributed by atoms with Crippen LogP contribution in [0.25, 0.3) is 0 Å². The summed E-state index contributed by atoms with van der Waals surface area (Å²) in [5.74, 6) is -1.10. The molecule has 0 amide bonds. The number of ether oxygens (including phenoxy) is 1. The van der Waals surface area contributed by atoms with Gasteiger partial charge in [-0.1, -0.05) is 0 Å². The third-order valence-corrected chi connectivity index (χ3v) is 2.77. The standard InChI is InChI=1S/C8H7NO7S/c1-16-8(10)6-4-5(9(11)12)2-3-7(6)17(13,14)15/h2-4H,1H3,(H,13,14,15). The SMILES string of the molecule is COC(=O)c1cc([N+](=O)[O-])ccc1S(=O)(=O)O. The highest BCUT2D eigenvalue weighted by Crippen LogP contribution is 2.22. The van der Waals surface area contributed by atoms with Gasteiger partial charge >= 0.3 is 5.97 Å². The summed E-state index contributed by atoms with van der Waals surface area (Å²) in [7, 11) is -3.67. The molecule has 1 aromatic rings. The van der Waals surface area contributed by atoms with E-state index >= 15 is 0 Å². The van der Waals surface area contributed by atoms with Crippen LogP contribution in [-0.4, -0.2) is 31.0 Å². The van der Waals surface area contributed by atoms with Gasteiger partial charge in [-0.05, 0) is 6.07 Å². The van der Waals surface area contributed by atoms with Crippen LogP contribution in [0.4, 0.5) is 5.69 Å². The molecule has 0 radical (unpaired) electrons. The number of nitro benzene ring substituents is 1. The lowest BCUT2D eigenvalue weighted by atomic mass is 10.2. The molecule has 0 saturated heterocycles. The Morgan fingerprint density at radius 3 is 2.47 bits per heavy atom. The fourth-order valence-electron chi connectivity index (χ4n) is 1.13. The zero-order valence-corrected chi connectivity index (χ0v) is 9.30. The molecule has 0 spiro atoms. The maximum atomic E-state index is 11.2. The Labute approximate surface area is 95.7 Å². The molecule has 0 saturated carbocycles. The number of non-ortho nitro benzene ring substituents is 1. The van der Waals surface area contributed by atoms with Crippen molar-refractivity contribution in [3.8, 4) is 0 Å². The predicted molar refractivity (Wildman–Crippen MR) is 54.3 cm³/mol. The second kappa shape index (κ2) is 4.47. The molecule has 9 heteroatoms. The Balaban J connectivity index is 3.53. The van der Waals surface area contributed by atoms with Crippen LogP contribution in [-0.2, 0) is 14.9 Å². The van der Waals surface area contributed by atoms with Crippen molar-refractivity contribution in [3.05, 3.63) is 33.9 Å². The Bertz CT molecular complexity index is 578. The van der Waals surface area contributed by atoms with Gasteiger partial charge in [0.15, 0.2) is 0 Å². The van der Waals surface area contributed by atoms with E-state index in [4.69, 9.17) is 4.55 Å². The number of rotatable bonds is 3. The van der Waals surface area contributed by atoms with E-state index in [9.17, 15) is 23.3 Å². The van der Waals surface area contributed by atoms with Gasteiger partial charge in [0.2, 0.25) is 0 Å². The van der Waals surface area contributed by atoms with Gasteiger partial charge in [0.1, 0.15) is 4.90 Å². The molecule has 92 valence electrons. The minimum Gasteiger partial charge on any atom is -0.465 e. The summed E-state index contributed by atoms with van der Waals surface area (Å²) in [6.07, 6.45) is 0. The summed E-state index contributed by atoms with van der Waals surface area (Å²) in [5.41, 5.74) is -1.08. The maximum Gasteiger partial charge on any atom is 0.339 e. The van der Waals surface area contributed by atoms with E-state index in [1.165, 1.54) is 0 Å². The molecule has 0 unspecified atom stereocenters. The van der Waals surface area contributed by atoms with Gasteiger partial charge in [-0.25, -0.2) is 4.79 Å². The van der Waals surface area contributed by atoms with Gasteiger partial charge in [-0.15, -0.1) is 0 Å². The molecule has 0 aliphatic carbocycles. The van der Waals surface area contributed by atoms with Gasteiger partial charge in [0, 0.05) is 12.1 Å². The van der Waals surface area contributed by atoms with Crippen molar-refractivity contribution in [2.24, 2.45) is 0 Å². The molecule has 17 heavy (non-hydrogen) atoms.